The van der Waals surface area contributed by atoms with Crippen molar-refractivity contribution in [2.75, 3.05) is 5.32 Å². The summed E-state index contributed by atoms with van der Waals surface area (Å²) in [5.74, 6) is 0.790. The summed E-state index contributed by atoms with van der Waals surface area (Å²) >= 11 is 3.30. The highest BCUT2D eigenvalue weighted by Gasteiger charge is 2.05. The minimum atomic E-state index is 0.162. The molecule has 0 radical (unpaired) electrons. The van der Waals surface area contributed by atoms with E-state index in [0.717, 1.165) is 16.0 Å². The standard InChI is InChI=1S/C11H11BrN4/c1-8(9-3-2-4-13-6-9)16-11-5-10(12)14-7-15-11/h2-8H,1H3,(H,14,15,16). The second-order valence-corrected chi connectivity index (χ2v) is 4.19. The normalized spacial score (nSPS) is 12.1. The third kappa shape index (κ3) is 2.76. The second kappa shape index (κ2) is 5.03. The van der Waals surface area contributed by atoms with Crippen LogP contribution in [0.25, 0.3) is 0 Å². The molecule has 2 heterocycles. The topological polar surface area (TPSA) is 50.7 Å². The fourth-order valence-electron chi connectivity index (χ4n) is 1.35. The summed E-state index contributed by atoms with van der Waals surface area (Å²) in [6.45, 7) is 2.06. The van der Waals surface area contributed by atoms with Crippen LogP contribution in [0.15, 0.2) is 41.5 Å². The van der Waals surface area contributed by atoms with E-state index in [9.17, 15) is 0 Å². The van der Waals surface area contributed by atoms with Crippen molar-refractivity contribution in [2.45, 2.75) is 13.0 Å². The molecule has 0 saturated heterocycles. The fraction of sp³-hybridized carbons (Fsp3) is 0.182. The van der Waals surface area contributed by atoms with Crippen LogP contribution >= 0.6 is 15.9 Å². The Kier molecular flexibility index (Phi) is 3.46. The van der Waals surface area contributed by atoms with Gasteiger partial charge in [-0.3, -0.25) is 4.98 Å². The first-order chi connectivity index (χ1) is 7.75. The van der Waals surface area contributed by atoms with Gasteiger partial charge in [-0.2, -0.15) is 0 Å². The number of hydrogen-bond acceptors (Lipinski definition) is 4. The molecule has 4 nitrogen and oxygen atoms in total. The van der Waals surface area contributed by atoms with Gasteiger partial charge in [-0.25, -0.2) is 9.97 Å². The molecule has 1 atom stereocenters. The van der Waals surface area contributed by atoms with Crippen LogP contribution in [0.5, 0.6) is 0 Å². The summed E-state index contributed by atoms with van der Waals surface area (Å²) in [5, 5.41) is 3.28. The number of aromatic nitrogens is 3. The maximum Gasteiger partial charge on any atom is 0.130 e. The molecule has 1 N–H and O–H groups in total. The van der Waals surface area contributed by atoms with Crippen molar-refractivity contribution in [2.24, 2.45) is 0 Å². The van der Waals surface area contributed by atoms with Crippen molar-refractivity contribution in [3.8, 4) is 0 Å². The number of nitrogens with one attached hydrogen (secondary N) is 1. The smallest absolute Gasteiger partial charge is 0.130 e. The first-order valence-corrected chi connectivity index (χ1v) is 5.69. The van der Waals surface area contributed by atoms with Crippen molar-refractivity contribution in [3.05, 3.63) is 47.1 Å². The lowest BCUT2D eigenvalue weighted by molar-refractivity contribution is 0.863. The van der Waals surface area contributed by atoms with E-state index in [1.807, 2.05) is 24.4 Å². The van der Waals surface area contributed by atoms with Crippen LogP contribution in [0.3, 0.4) is 0 Å². The summed E-state index contributed by atoms with van der Waals surface area (Å²) < 4.78 is 0.767. The van der Waals surface area contributed by atoms with Gasteiger partial charge in [-0.05, 0) is 34.5 Å². The second-order valence-electron chi connectivity index (χ2n) is 3.38. The molecule has 82 valence electrons. The Morgan fingerprint density at radius 3 is 2.94 bits per heavy atom. The average molecular weight is 279 g/mol. The summed E-state index contributed by atoms with van der Waals surface area (Å²) in [6.07, 6.45) is 5.12. The van der Waals surface area contributed by atoms with Gasteiger partial charge < -0.3 is 5.32 Å². The minimum Gasteiger partial charge on any atom is -0.363 e. The maximum atomic E-state index is 4.13. The van der Waals surface area contributed by atoms with Crippen LogP contribution in [-0.2, 0) is 0 Å². The number of rotatable bonds is 3. The minimum absolute atomic E-state index is 0.162. The highest BCUT2D eigenvalue weighted by molar-refractivity contribution is 9.10. The molecule has 0 aliphatic carbocycles. The van der Waals surface area contributed by atoms with Gasteiger partial charge in [0, 0.05) is 18.5 Å². The van der Waals surface area contributed by atoms with Crippen molar-refractivity contribution < 1.29 is 0 Å². The van der Waals surface area contributed by atoms with Gasteiger partial charge >= 0.3 is 0 Å². The number of nitrogens with zero attached hydrogens (tertiary/aromatic N) is 3. The molecule has 0 fully saturated rings. The summed E-state index contributed by atoms with van der Waals surface area (Å²) in [5.41, 5.74) is 1.12. The van der Waals surface area contributed by atoms with Crippen molar-refractivity contribution >= 4 is 21.7 Å². The van der Waals surface area contributed by atoms with Crippen LogP contribution < -0.4 is 5.32 Å². The first-order valence-electron chi connectivity index (χ1n) is 4.90. The van der Waals surface area contributed by atoms with Crippen LogP contribution in [0.2, 0.25) is 0 Å². The number of pyridine rings is 1. The predicted octanol–water partition coefficient (Wildman–Crippen LogP) is 2.81. The molecule has 2 rings (SSSR count). The Labute approximate surface area is 102 Å². The average Bonchev–Trinajstić information content (AvgIpc) is 2.30. The van der Waals surface area contributed by atoms with Crippen LogP contribution in [0, 0.1) is 0 Å². The maximum absolute atomic E-state index is 4.13. The molecule has 0 aliphatic rings. The van der Waals surface area contributed by atoms with Gasteiger partial charge in [0.1, 0.15) is 16.7 Å². The molecule has 0 aliphatic heterocycles. The molecular formula is C11H11BrN4. The molecule has 0 saturated carbocycles. The van der Waals surface area contributed by atoms with E-state index in [2.05, 4.69) is 43.1 Å². The zero-order valence-corrected chi connectivity index (χ0v) is 10.3. The Bertz CT molecular complexity index is 461. The van der Waals surface area contributed by atoms with Crippen molar-refractivity contribution in [3.63, 3.8) is 0 Å². The van der Waals surface area contributed by atoms with Crippen molar-refractivity contribution in [1.82, 2.24) is 15.0 Å². The molecule has 0 bridgehead atoms. The largest absolute Gasteiger partial charge is 0.363 e. The molecule has 16 heavy (non-hydrogen) atoms. The molecule has 5 heteroatoms. The summed E-state index contributed by atoms with van der Waals surface area (Å²) in [7, 11) is 0. The van der Waals surface area contributed by atoms with Gasteiger partial charge in [0.05, 0.1) is 6.04 Å². The SMILES string of the molecule is CC(Nc1cc(Br)ncn1)c1cccnc1. The Hall–Kier alpha value is -1.49. The van der Waals surface area contributed by atoms with Gasteiger partial charge in [0.25, 0.3) is 0 Å². The van der Waals surface area contributed by atoms with Crippen LogP contribution in [0.1, 0.15) is 18.5 Å². The molecular weight excluding hydrogens is 268 g/mol. The highest BCUT2D eigenvalue weighted by atomic mass is 79.9. The fourth-order valence-corrected chi connectivity index (χ4v) is 1.66. The molecule has 0 aromatic carbocycles. The Morgan fingerprint density at radius 2 is 2.25 bits per heavy atom. The van der Waals surface area contributed by atoms with Crippen molar-refractivity contribution in [1.29, 1.82) is 0 Å². The molecule has 0 spiro atoms. The van der Waals surface area contributed by atoms with E-state index >= 15 is 0 Å². The van der Waals surface area contributed by atoms with E-state index in [4.69, 9.17) is 0 Å². The van der Waals surface area contributed by atoms with E-state index in [1.165, 1.54) is 6.33 Å². The third-order valence-corrected chi connectivity index (χ3v) is 2.62. The highest BCUT2D eigenvalue weighted by Crippen LogP contribution is 2.17. The van der Waals surface area contributed by atoms with Gasteiger partial charge in [0.15, 0.2) is 0 Å². The lowest BCUT2D eigenvalue weighted by Crippen LogP contribution is -2.08. The summed E-state index contributed by atoms with van der Waals surface area (Å²) in [4.78, 5) is 12.2. The van der Waals surface area contributed by atoms with Gasteiger partial charge in [-0.1, -0.05) is 6.07 Å². The van der Waals surface area contributed by atoms with E-state index in [0.29, 0.717) is 0 Å². The monoisotopic (exact) mass is 278 g/mol. The first kappa shape index (κ1) is 11.0. The molecule has 2 aromatic heterocycles. The molecule has 2 aromatic rings. The number of halogens is 1. The number of anilines is 1. The van der Waals surface area contributed by atoms with E-state index in [1.54, 1.807) is 6.20 Å². The van der Waals surface area contributed by atoms with Crippen LogP contribution in [0.4, 0.5) is 5.82 Å². The van der Waals surface area contributed by atoms with E-state index in [-0.39, 0.29) is 6.04 Å². The zero-order valence-electron chi connectivity index (χ0n) is 8.76. The Morgan fingerprint density at radius 1 is 1.38 bits per heavy atom. The lowest BCUT2D eigenvalue weighted by Gasteiger charge is -2.14. The number of hydrogen-bond donors (Lipinski definition) is 1. The lowest BCUT2D eigenvalue weighted by atomic mass is 10.1. The zero-order chi connectivity index (χ0) is 11.4. The third-order valence-electron chi connectivity index (χ3n) is 2.18. The Balaban J connectivity index is 2.11. The van der Waals surface area contributed by atoms with Gasteiger partial charge in [0.2, 0.25) is 0 Å². The van der Waals surface area contributed by atoms with E-state index < -0.39 is 0 Å². The quantitative estimate of drug-likeness (QED) is 0.878. The molecule has 0 amide bonds. The summed E-state index contributed by atoms with van der Waals surface area (Å²) in [6, 6.07) is 5.95. The van der Waals surface area contributed by atoms with Gasteiger partial charge in [-0.15, -0.1) is 0 Å². The van der Waals surface area contributed by atoms with Crippen LogP contribution in [-0.4, -0.2) is 15.0 Å². The predicted molar refractivity (Wildman–Crippen MR) is 66.0 cm³/mol. The molecule has 1 unspecified atom stereocenters.